The second-order valence-electron chi connectivity index (χ2n) is 5.82. The van der Waals surface area contributed by atoms with Gasteiger partial charge >= 0.3 is 0 Å². The molecule has 1 atom stereocenters. The van der Waals surface area contributed by atoms with E-state index in [1.807, 2.05) is 18.3 Å². The molecule has 0 unspecified atom stereocenters. The lowest BCUT2D eigenvalue weighted by Crippen LogP contribution is -2.36. The van der Waals surface area contributed by atoms with Gasteiger partial charge in [-0.3, -0.25) is 4.90 Å². The molecule has 1 aromatic carbocycles. The molecule has 1 fully saturated rings. The standard InChI is InChI=1S/C20H24N2O2/c1-18(24-15-6-5-11-21-13-16-23-17-14-21)22-12-7-10-20(22)19-8-3-2-4-9-19/h2-4,7-10,12,18H,11,13-17H2,1H3/t18-/m1/s1. The Kier molecular flexibility index (Phi) is 6.08. The van der Waals surface area contributed by atoms with Crippen LogP contribution in [0.1, 0.15) is 13.2 Å². The second-order valence-corrected chi connectivity index (χ2v) is 5.82. The van der Waals surface area contributed by atoms with E-state index in [0.717, 1.165) is 38.5 Å². The normalized spacial score (nSPS) is 16.4. The van der Waals surface area contributed by atoms with Crippen LogP contribution in [0.2, 0.25) is 0 Å². The quantitative estimate of drug-likeness (QED) is 0.791. The fourth-order valence-corrected chi connectivity index (χ4v) is 2.79. The topological polar surface area (TPSA) is 26.6 Å². The summed E-state index contributed by atoms with van der Waals surface area (Å²) in [6.45, 7) is 6.84. The Morgan fingerprint density at radius 2 is 1.88 bits per heavy atom. The van der Waals surface area contributed by atoms with Crippen LogP contribution in [0.5, 0.6) is 0 Å². The molecule has 1 aliphatic rings. The average molecular weight is 324 g/mol. The van der Waals surface area contributed by atoms with Gasteiger partial charge in [-0.15, -0.1) is 0 Å². The summed E-state index contributed by atoms with van der Waals surface area (Å²) in [6, 6.07) is 14.5. The van der Waals surface area contributed by atoms with Crippen molar-refractivity contribution in [3.63, 3.8) is 0 Å². The predicted octanol–water partition coefficient (Wildman–Crippen LogP) is 3.03. The molecule has 4 heteroatoms. The van der Waals surface area contributed by atoms with Crippen LogP contribution in [0.3, 0.4) is 0 Å². The van der Waals surface area contributed by atoms with Crippen LogP contribution < -0.4 is 0 Å². The molecule has 0 saturated carbocycles. The maximum absolute atomic E-state index is 5.88. The molecular weight excluding hydrogens is 300 g/mol. The van der Waals surface area contributed by atoms with Gasteiger partial charge in [0.2, 0.25) is 0 Å². The van der Waals surface area contributed by atoms with E-state index in [-0.39, 0.29) is 6.23 Å². The summed E-state index contributed by atoms with van der Waals surface area (Å²) in [7, 11) is 0. The number of aromatic nitrogens is 1. The Bertz CT molecular complexity index is 678. The molecule has 0 bridgehead atoms. The van der Waals surface area contributed by atoms with Gasteiger partial charge in [-0.2, -0.15) is 0 Å². The zero-order valence-corrected chi connectivity index (χ0v) is 14.1. The molecule has 3 rings (SSSR count). The van der Waals surface area contributed by atoms with Crippen molar-refractivity contribution in [2.45, 2.75) is 13.2 Å². The Morgan fingerprint density at radius 1 is 1.08 bits per heavy atom. The number of hydrogen-bond acceptors (Lipinski definition) is 3. The summed E-state index contributed by atoms with van der Waals surface area (Å²) in [6.07, 6.45) is 2.00. The first-order chi connectivity index (χ1) is 11.8. The van der Waals surface area contributed by atoms with Gasteiger partial charge in [0, 0.05) is 19.3 Å². The van der Waals surface area contributed by atoms with Gasteiger partial charge in [0.05, 0.1) is 25.5 Å². The molecule has 24 heavy (non-hydrogen) atoms. The highest BCUT2D eigenvalue weighted by Gasteiger charge is 2.10. The first-order valence-electron chi connectivity index (χ1n) is 8.44. The molecule has 0 aliphatic carbocycles. The Labute approximate surface area is 144 Å². The van der Waals surface area contributed by atoms with Crippen molar-refractivity contribution in [1.82, 2.24) is 9.47 Å². The number of hydrogen-bond donors (Lipinski definition) is 0. The molecule has 2 aromatic rings. The van der Waals surface area contributed by atoms with Crippen LogP contribution in [-0.4, -0.2) is 48.9 Å². The lowest BCUT2D eigenvalue weighted by molar-refractivity contribution is 0.0390. The number of ether oxygens (including phenoxy) is 2. The molecule has 2 heterocycles. The van der Waals surface area contributed by atoms with Gasteiger partial charge in [-0.05, 0) is 24.6 Å². The number of nitrogens with zero attached hydrogens (tertiary/aromatic N) is 2. The highest BCUT2D eigenvalue weighted by atomic mass is 16.5. The van der Waals surface area contributed by atoms with Crippen LogP contribution in [0.25, 0.3) is 11.3 Å². The van der Waals surface area contributed by atoms with Crippen LogP contribution in [0.4, 0.5) is 0 Å². The third kappa shape index (κ3) is 4.48. The number of morpholine rings is 1. The lowest BCUT2D eigenvalue weighted by Gasteiger charge is -2.24. The highest BCUT2D eigenvalue weighted by Crippen LogP contribution is 2.23. The van der Waals surface area contributed by atoms with Gasteiger partial charge in [0.1, 0.15) is 12.8 Å². The minimum atomic E-state index is -0.0482. The highest BCUT2D eigenvalue weighted by molar-refractivity contribution is 5.59. The van der Waals surface area contributed by atoms with E-state index in [1.54, 1.807) is 0 Å². The van der Waals surface area contributed by atoms with Crippen molar-refractivity contribution in [3.05, 3.63) is 48.7 Å². The van der Waals surface area contributed by atoms with Crippen LogP contribution in [-0.2, 0) is 9.47 Å². The zero-order valence-electron chi connectivity index (χ0n) is 14.1. The number of benzene rings is 1. The molecule has 1 saturated heterocycles. The largest absolute Gasteiger partial charge is 0.379 e. The molecule has 0 N–H and O–H groups in total. The SMILES string of the molecule is C[C@@H](OCC#CCN1CCOCC1)n1cccc1-c1ccccc1. The second kappa shape index (κ2) is 8.70. The fraction of sp³-hybridized carbons (Fsp3) is 0.400. The van der Waals surface area contributed by atoms with Crippen molar-refractivity contribution < 1.29 is 9.47 Å². The van der Waals surface area contributed by atoms with Crippen LogP contribution >= 0.6 is 0 Å². The summed E-state index contributed by atoms with van der Waals surface area (Å²) in [5, 5.41) is 0. The summed E-state index contributed by atoms with van der Waals surface area (Å²) < 4.78 is 13.4. The summed E-state index contributed by atoms with van der Waals surface area (Å²) in [5.74, 6) is 6.30. The Hall–Kier alpha value is -2.06. The average Bonchev–Trinajstić information content (AvgIpc) is 3.13. The Balaban J connectivity index is 1.51. The molecule has 1 aromatic heterocycles. The molecular formula is C20H24N2O2. The van der Waals surface area contributed by atoms with Crippen molar-refractivity contribution >= 4 is 0 Å². The third-order valence-electron chi connectivity index (χ3n) is 4.17. The maximum atomic E-state index is 5.88. The maximum Gasteiger partial charge on any atom is 0.132 e. The van der Waals surface area contributed by atoms with E-state index in [1.165, 1.54) is 5.56 Å². The van der Waals surface area contributed by atoms with Crippen LogP contribution in [0, 0.1) is 11.8 Å². The molecule has 0 spiro atoms. The van der Waals surface area contributed by atoms with Crippen LogP contribution in [0.15, 0.2) is 48.7 Å². The number of rotatable bonds is 5. The molecule has 0 amide bonds. The van der Waals surface area contributed by atoms with Gasteiger partial charge in [-0.1, -0.05) is 42.2 Å². The van der Waals surface area contributed by atoms with E-state index in [9.17, 15) is 0 Å². The van der Waals surface area contributed by atoms with E-state index in [2.05, 4.69) is 58.6 Å². The van der Waals surface area contributed by atoms with Crippen molar-refractivity contribution in [2.75, 3.05) is 39.5 Å². The summed E-state index contributed by atoms with van der Waals surface area (Å²) in [4.78, 5) is 2.30. The van der Waals surface area contributed by atoms with Gasteiger partial charge in [0.25, 0.3) is 0 Å². The van der Waals surface area contributed by atoms with E-state index < -0.39 is 0 Å². The molecule has 1 aliphatic heterocycles. The van der Waals surface area contributed by atoms with E-state index >= 15 is 0 Å². The first-order valence-corrected chi connectivity index (χ1v) is 8.44. The first kappa shape index (κ1) is 16.8. The summed E-state index contributed by atoms with van der Waals surface area (Å²) >= 11 is 0. The van der Waals surface area contributed by atoms with Crippen molar-refractivity contribution in [1.29, 1.82) is 0 Å². The molecule has 126 valence electrons. The van der Waals surface area contributed by atoms with Crippen molar-refractivity contribution in [2.24, 2.45) is 0 Å². The molecule has 4 nitrogen and oxygen atoms in total. The minimum Gasteiger partial charge on any atom is -0.379 e. The predicted molar refractivity (Wildman–Crippen MR) is 95.6 cm³/mol. The van der Waals surface area contributed by atoms with Gasteiger partial charge < -0.3 is 14.0 Å². The fourth-order valence-electron chi connectivity index (χ4n) is 2.79. The van der Waals surface area contributed by atoms with Gasteiger partial charge in [0.15, 0.2) is 0 Å². The third-order valence-corrected chi connectivity index (χ3v) is 4.17. The molecule has 0 radical (unpaired) electrons. The monoisotopic (exact) mass is 324 g/mol. The van der Waals surface area contributed by atoms with E-state index in [4.69, 9.17) is 9.47 Å². The lowest BCUT2D eigenvalue weighted by atomic mass is 10.1. The van der Waals surface area contributed by atoms with Crippen molar-refractivity contribution in [3.8, 4) is 23.1 Å². The smallest absolute Gasteiger partial charge is 0.132 e. The van der Waals surface area contributed by atoms with Gasteiger partial charge in [-0.25, -0.2) is 0 Å². The minimum absolute atomic E-state index is 0.0482. The Morgan fingerprint density at radius 3 is 2.67 bits per heavy atom. The summed E-state index contributed by atoms with van der Waals surface area (Å²) in [5.41, 5.74) is 2.35. The zero-order chi connectivity index (χ0) is 16.6. The van der Waals surface area contributed by atoms with E-state index in [0.29, 0.717) is 6.61 Å².